The van der Waals surface area contributed by atoms with Gasteiger partial charge in [0.1, 0.15) is 0 Å². The highest BCUT2D eigenvalue weighted by Crippen LogP contribution is 2.29. The van der Waals surface area contributed by atoms with E-state index >= 15 is 0 Å². The number of halogens is 1. The molecule has 0 aliphatic rings. The number of nitrogen functional groups attached to an aromatic ring is 1. The molecule has 0 aliphatic carbocycles. The van der Waals surface area contributed by atoms with Crippen LogP contribution in [0.2, 0.25) is 5.02 Å². The van der Waals surface area contributed by atoms with Gasteiger partial charge < -0.3 is 20.5 Å². The van der Waals surface area contributed by atoms with E-state index in [1.807, 2.05) is 0 Å². The summed E-state index contributed by atoms with van der Waals surface area (Å²) in [4.78, 5) is 11.7. The fourth-order valence-electron chi connectivity index (χ4n) is 1.81. The van der Waals surface area contributed by atoms with E-state index in [0.29, 0.717) is 35.1 Å². The lowest BCUT2D eigenvalue weighted by molar-refractivity contribution is 0.0602. The molecule has 0 aromatic heterocycles. The minimum atomic E-state index is -0.467. The molecule has 0 aliphatic heterocycles. The number of ether oxygens (including phenoxy) is 2. The third-order valence-corrected chi connectivity index (χ3v) is 3.23. The van der Waals surface area contributed by atoms with Gasteiger partial charge in [0.25, 0.3) is 0 Å². The number of hydrogen-bond acceptors (Lipinski definition) is 5. The summed E-state index contributed by atoms with van der Waals surface area (Å²) in [6, 6.07) is 3.16. The van der Waals surface area contributed by atoms with Gasteiger partial charge in [-0.1, -0.05) is 24.9 Å². The van der Waals surface area contributed by atoms with Crippen molar-refractivity contribution >= 4 is 28.9 Å². The minimum absolute atomic E-state index is 0.342. The molecule has 21 heavy (non-hydrogen) atoms. The first kappa shape index (κ1) is 17.6. The van der Waals surface area contributed by atoms with Crippen molar-refractivity contribution in [1.82, 2.24) is 0 Å². The van der Waals surface area contributed by atoms with E-state index in [1.165, 1.54) is 7.11 Å². The van der Waals surface area contributed by atoms with Crippen molar-refractivity contribution < 1.29 is 14.3 Å². The van der Waals surface area contributed by atoms with Gasteiger partial charge in [-0.25, -0.2) is 4.79 Å². The first-order chi connectivity index (χ1) is 10.1. The summed E-state index contributed by atoms with van der Waals surface area (Å²) < 4.78 is 10.2. The number of unbranched alkanes of at least 4 members (excludes halogenated alkanes) is 1. The van der Waals surface area contributed by atoms with E-state index in [9.17, 15) is 4.79 Å². The first-order valence-electron chi connectivity index (χ1n) is 7.09. The van der Waals surface area contributed by atoms with Crippen molar-refractivity contribution in [3.8, 4) is 0 Å². The maximum Gasteiger partial charge on any atom is 0.340 e. The highest BCUT2D eigenvalue weighted by Gasteiger charge is 2.15. The molecule has 0 fully saturated rings. The summed E-state index contributed by atoms with van der Waals surface area (Å²) in [6.07, 6.45) is 3.02. The smallest absolute Gasteiger partial charge is 0.340 e. The van der Waals surface area contributed by atoms with Crippen LogP contribution in [0.25, 0.3) is 0 Å². The monoisotopic (exact) mass is 314 g/mol. The Kier molecular flexibility index (Phi) is 7.93. The molecule has 1 aromatic rings. The SMILES string of the molecule is CCCCOCCCNc1c(Cl)cc(N)cc1C(=O)OC. The second-order valence-corrected chi connectivity index (χ2v) is 5.07. The van der Waals surface area contributed by atoms with Crippen LogP contribution in [-0.2, 0) is 9.47 Å². The van der Waals surface area contributed by atoms with Gasteiger partial charge in [0, 0.05) is 25.4 Å². The number of benzene rings is 1. The Balaban J connectivity index is 2.56. The lowest BCUT2D eigenvalue weighted by atomic mass is 10.1. The number of methoxy groups -OCH3 is 1. The van der Waals surface area contributed by atoms with Gasteiger partial charge in [-0.15, -0.1) is 0 Å². The number of carbonyl (C=O) groups excluding carboxylic acids is 1. The molecule has 1 aromatic carbocycles. The molecule has 0 atom stereocenters. The van der Waals surface area contributed by atoms with Crippen molar-refractivity contribution in [2.75, 3.05) is 37.9 Å². The Labute approximate surface area is 130 Å². The number of rotatable bonds is 9. The van der Waals surface area contributed by atoms with Gasteiger partial charge in [-0.2, -0.15) is 0 Å². The summed E-state index contributed by atoms with van der Waals surface area (Å²) in [7, 11) is 1.32. The van der Waals surface area contributed by atoms with Gasteiger partial charge in [-0.3, -0.25) is 0 Å². The first-order valence-corrected chi connectivity index (χ1v) is 7.46. The summed E-state index contributed by atoms with van der Waals surface area (Å²) in [5.74, 6) is -0.467. The molecule has 0 spiro atoms. The Morgan fingerprint density at radius 1 is 1.33 bits per heavy atom. The number of hydrogen-bond donors (Lipinski definition) is 2. The van der Waals surface area contributed by atoms with E-state index < -0.39 is 5.97 Å². The second-order valence-electron chi connectivity index (χ2n) is 4.66. The van der Waals surface area contributed by atoms with Gasteiger partial charge in [0.15, 0.2) is 0 Å². The molecule has 0 bridgehead atoms. The van der Waals surface area contributed by atoms with Crippen LogP contribution >= 0.6 is 11.6 Å². The topological polar surface area (TPSA) is 73.6 Å². The molecule has 0 saturated carbocycles. The lowest BCUT2D eigenvalue weighted by Gasteiger charge is -2.13. The number of anilines is 2. The van der Waals surface area contributed by atoms with Crippen molar-refractivity contribution in [3.05, 3.63) is 22.7 Å². The highest BCUT2D eigenvalue weighted by atomic mass is 35.5. The zero-order valence-electron chi connectivity index (χ0n) is 12.6. The van der Waals surface area contributed by atoms with Crippen molar-refractivity contribution in [1.29, 1.82) is 0 Å². The van der Waals surface area contributed by atoms with Crippen molar-refractivity contribution in [2.24, 2.45) is 0 Å². The number of carbonyl (C=O) groups is 1. The Bertz CT molecular complexity index is 466. The Morgan fingerprint density at radius 3 is 2.71 bits per heavy atom. The zero-order valence-corrected chi connectivity index (χ0v) is 13.3. The van der Waals surface area contributed by atoms with Crippen LogP contribution in [0.15, 0.2) is 12.1 Å². The average Bonchev–Trinajstić information content (AvgIpc) is 2.46. The van der Waals surface area contributed by atoms with Crippen LogP contribution in [0.5, 0.6) is 0 Å². The molecule has 0 radical (unpaired) electrons. The highest BCUT2D eigenvalue weighted by molar-refractivity contribution is 6.34. The summed E-state index contributed by atoms with van der Waals surface area (Å²) in [5, 5.41) is 3.55. The molecule has 0 saturated heterocycles. The normalized spacial score (nSPS) is 10.4. The maximum atomic E-state index is 11.7. The van der Waals surface area contributed by atoms with Crippen LogP contribution in [0.1, 0.15) is 36.5 Å². The van der Waals surface area contributed by atoms with Crippen LogP contribution in [-0.4, -0.2) is 32.8 Å². The van der Waals surface area contributed by atoms with Crippen LogP contribution < -0.4 is 11.1 Å². The van der Waals surface area contributed by atoms with E-state index in [0.717, 1.165) is 25.9 Å². The molecule has 1 rings (SSSR count). The van der Waals surface area contributed by atoms with Crippen LogP contribution in [0.4, 0.5) is 11.4 Å². The molecule has 6 heteroatoms. The van der Waals surface area contributed by atoms with E-state index in [4.69, 9.17) is 26.8 Å². The fourth-order valence-corrected chi connectivity index (χ4v) is 2.11. The molecule has 0 heterocycles. The van der Waals surface area contributed by atoms with Crippen LogP contribution in [0, 0.1) is 0 Å². The third kappa shape index (κ3) is 5.81. The van der Waals surface area contributed by atoms with E-state index in [2.05, 4.69) is 12.2 Å². The van der Waals surface area contributed by atoms with E-state index in [-0.39, 0.29) is 0 Å². The Morgan fingerprint density at radius 2 is 2.05 bits per heavy atom. The maximum absolute atomic E-state index is 11.7. The van der Waals surface area contributed by atoms with Crippen molar-refractivity contribution in [3.63, 3.8) is 0 Å². The molecule has 5 nitrogen and oxygen atoms in total. The van der Waals surface area contributed by atoms with Gasteiger partial charge in [0.05, 0.1) is 23.4 Å². The average molecular weight is 315 g/mol. The summed E-state index contributed by atoms with van der Waals surface area (Å²) in [6.45, 7) is 4.24. The van der Waals surface area contributed by atoms with Gasteiger partial charge in [-0.05, 0) is 25.0 Å². The molecular formula is C15H23ClN2O3. The lowest BCUT2D eigenvalue weighted by Crippen LogP contribution is -2.12. The minimum Gasteiger partial charge on any atom is -0.465 e. The second kappa shape index (κ2) is 9.47. The van der Waals surface area contributed by atoms with Crippen molar-refractivity contribution in [2.45, 2.75) is 26.2 Å². The standard InChI is InChI=1S/C15H23ClN2O3/c1-3-4-7-21-8-5-6-18-14-12(15(19)20-2)9-11(17)10-13(14)16/h9-10,18H,3-8,17H2,1-2H3. The molecule has 118 valence electrons. The van der Waals surface area contributed by atoms with E-state index in [1.54, 1.807) is 12.1 Å². The predicted molar refractivity (Wildman–Crippen MR) is 86.0 cm³/mol. The Hall–Kier alpha value is -1.46. The zero-order chi connectivity index (χ0) is 15.7. The largest absolute Gasteiger partial charge is 0.465 e. The van der Waals surface area contributed by atoms with Crippen LogP contribution in [0.3, 0.4) is 0 Å². The molecular weight excluding hydrogens is 292 g/mol. The quantitative estimate of drug-likeness (QED) is 0.415. The fraction of sp³-hybridized carbons (Fsp3) is 0.533. The number of esters is 1. The number of nitrogens with one attached hydrogen (secondary N) is 1. The molecule has 0 unspecified atom stereocenters. The predicted octanol–water partition coefficient (Wildman–Crippen LogP) is 3.33. The summed E-state index contributed by atoms with van der Waals surface area (Å²) >= 11 is 6.14. The third-order valence-electron chi connectivity index (χ3n) is 2.93. The number of nitrogens with two attached hydrogens (primary N) is 1. The molecule has 0 amide bonds. The molecule has 3 N–H and O–H groups in total. The van der Waals surface area contributed by atoms with Gasteiger partial charge >= 0.3 is 5.97 Å². The van der Waals surface area contributed by atoms with Gasteiger partial charge in [0.2, 0.25) is 0 Å². The summed E-state index contributed by atoms with van der Waals surface area (Å²) in [5.41, 5.74) is 7.02.